The van der Waals surface area contributed by atoms with Crippen molar-refractivity contribution >= 4 is 35.8 Å². The van der Waals surface area contributed by atoms with E-state index in [1.165, 1.54) is 10.5 Å². The molecule has 0 fully saturated rings. The molecule has 0 bridgehead atoms. The second-order valence-corrected chi connectivity index (χ2v) is 7.31. The van der Waals surface area contributed by atoms with Gasteiger partial charge < -0.3 is 20.0 Å². The molecule has 0 saturated carbocycles. The Bertz CT molecular complexity index is 728. The Labute approximate surface area is 184 Å². The van der Waals surface area contributed by atoms with Crippen molar-refractivity contribution in [2.75, 3.05) is 33.7 Å². The lowest BCUT2D eigenvalue weighted by Gasteiger charge is -2.27. The predicted octanol–water partition coefficient (Wildman–Crippen LogP) is 3.04. The zero-order valence-electron chi connectivity index (χ0n) is 17.1. The lowest BCUT2D eigenvalue weighted by Crippen LogP contribution is -2.44. The minimum atomic E-state index is -0.0731. The number of hydrogen-bond donors (Lipinski definition) is 2. The summed E-state index contributed by atoms with van der Waals surface area (Å²) >= 11 is 0. The van der Waals surface area contributed by atoms with Gasteiger partial charge in [-0.15, -0.1) is 24.0 Å². The van der Waals surface area contributed by atoms with Crippen molar-refractivity contribution in [1.82, 2.24) is 15.5 Å². The second kappa shape index (κ2) is 11.7. The van der Waals surface area contributed by atoms with Crippen molar-refractivity contribution in [3.05, 3.63) is 60.1 Å². The van der Waals surface area contributed by atoms with Gasteiger partial charge in [0.2, 0.25) is 5.91 Å². The fraction of sp³-hybridized carbons (Fsp3) is 0.429. The maximum Gasteiger partial charge on any atom is 0.243 e. The number of hydrogen-bond acceptors (Lipinski definition) is 3. The first-order valence-corrected chi connectivity index (χ1v) is 9.19. The molecule has 0 radical (unpaired) electrons. The number of nitrogens with zero attached hydrogens (tertiary/aromatic N) is 2. The van der Waals surface area contributed by atoms with Gasteiger partial charge in [0.25, 0.3) is 0 Å². The van der Waals surface area contributed by atoms with E-state index in [0.29, 0.717) is 19.0 Å². The summed E-state index contributed by atoms with van der Waals surface area (Å²) in [4.78, 5) is 17.9. The topological polar surface area (TPSA) is 69.9 Å². The zero-order chi connectivity index (χ0) is 19.7. The van der Waals surface area contributed by atoms with Crippen LogP contribution in [0.5, 0.6) is 0 Å². The van der Waals surface area contributed by atoms with Crippen molar-refractivity contribution in [2.45, 2.75) is 25.7 Å². The monoisotopic (exact) mass is 498 g/mol. The molecule has 154 valence electrons. The Balaban J connectivity index is 0.00000392. The first-order valence-electron chi connectivity index (χ1n) is 9.19. The molecule has 2 N–H and O–H groups in total. The Morgan fingerprint density at radius 2 is 1.82 bits per heavy atom. The number of amides is 1. The van der Waals surface area contributed by atoms with Crippen LogP contribution in [0.3, 0.4) is 0 Å². The number of carbonyl (C=O) groups excluding carboxylic acids is 1. The first kappa shape index (κ1) is 24.0. The summed E-state index contributed by atoms with van der Waals surface area (Å²) in [6, 6.07) is 14.2. The van der Waals surface area contributed by atoms with E-state index in [9.17, 15) is 4.79 Å². The normalized spacial score (nSPS) is 11.5. The van der Waals surface area contributed by atoms with Crippen LogP contribution in [-0.4, -0.2) is 50.5 Å². The summed E-state index contributed by atoms with van der Waals surface area (Å²) < 4.78 is 5.36. The SMILES string of the molecule is CN(C)C(=O)CN=C(NCCc1ccco1)NCC(C)(C)c1ccccc1.I. The average molecular weight is 498 g/mol. The summed E-state index contributed by atoms with van der Waals surface area (Å²) in [6.07, 6.45) is 2.41. The highest BCUT2D eigenvalue weighted by molar-refractivity contribution is 14.0. The molecule has 6 nitrogen and oxygen atoms in total. The van der Waals surface area contributed by atoms with Crippen LogP contribution >= 0.6 is 24.0 Å². The van der Waals surface area contributed by atoms with Crippen molar-refractivity contribution in [2.24, 2.45) is 4.99 Å². The van der Waals surface area contributed by atoms with E-state index in [4.69, 9.17) is 4.42 Å². The van der Waals surface area contributed by atoms with Crippen molar-refractivity contribution < 1.29 is 9.21 Å². The van der Waals surface area contributed by atoms with Crippen LogP contribution in [0.1, 0.15) is 25.2 Å². The fourth-order valence-corrected chi connectivity index (χ4v) is 2.52. The highest BCUT2D eigenvalue weighted by Crippen LogP contribution is 2.21. The molecule has 0 aliphatic heterocycles. The van der Waals surface area contributed by atoms with Gasteiger partial charge in [0.05, 0.1) is 6.26 Å². The van der Waals surface area contributed by atoms with E-state index in [-0.39, 0.29) is 41.8 Å². The maximum atomic E-state index is 11.9. The Kier molecular flexibility index (Phi) is 10.1. The molecular weight excluding hydrogens is 467 g/mol. The molecule has 0 aliphatic carbocycles. The van der Waals surface area contributed by atoms with Gasteiger partial charge in [-0.25, -0.2) is 4.99 Å². The lowest BCUT2D eigenvalue weighted by atomic mass is 9.85. The Morgan fingerprint density at radius 3 is 2.43 bits per heavy atom. The third-order valence-electron chi connectivity index (χ3n) is 4.37. The first-order chi connectivity index (χ1) is 12.9. The van der Waals surface area contributed by atoms with Gasteiger partial charge in [0, 0.05) is 39.0 Å². The minimum absolute atomic E-state index is 0. The van der Waals surface area contributed by atoms with Crippen LogP contribution in [-0.2, 0) is 16.6 Å². The number of rotatable bonds is 8. The summed E-state index contributed by atoms with van der Waals surface area (Å²) in [5.41, 5.74) is 1.17. The summed E-state index contributed by atoms with van der Waals surface area (Å²) in [7, 11) is 3.46. The molecule has 7 heteroatoms. The molecule has 1 aromatic heterocycles. The van der Waals surface area contributed by atoms with Gasteiger partial charge in [-0.05, 0) is 17.7 Å². The maximum absolute atomic E-state index is 11.9. The van der Waals surface area contributed by atoms with E-state index in [1.54, 1.807) is 20.4 Å². The fourth-order valence-electron chi connectivity index (χ4n) is 2.52. The summed E-state index contributed by atoms with van der Waals surface area (Å²) in [6.45, 7) is 5.83. The van der Waals surface area contributed by atoms with Crippen molar-refractivity contribution in [3.8, 4) is 0 Å². The zero-order valence-corrected chi connectivity index (χ0v) is 19.4. The van der Waals surface area contributed by atoms with Crippen LogP contribution in [0.4, 0.5) is 0 Å². The number of nitrogens with one attached hydrogen (secondary N) is 2. The number of aliphatic imine (C=N–C) groups is 1. The van der Waals surface area contributed by atoms with E-state index in [1.807, 2.05) is 30.3 Å². The smallest absolute Gasteiger partial charge is 0.243 e. The second-order valence-electron chi connectivity index (χ2n) is 7.31. The largest absolute Gasteiger partial charge is 0.469 e. The molecule has 0 unspecified atom stereocenters. The average Bonchev–Trinajstić information content (AvgIpc) is 3.17. The van der Waals surface area contributed by atoms with Crippen LogP contribution in [0.15, 0.2) is 58.1 Å². The molecule has 0 aliphatic rings. The van der Waals surface area contributed by atoms with Gasteiger partial charge in [0.15, 0.2) is 5.96 Å². The van der Waals surface area contributed by atoms with E-state index >= 15 is 0 Å². The molecule has 1 amide bonds. The van der Waals surface area contributed by atoms with Gasteiger partial charge >= 0.3 is 0 Å². The van der Waals surface area contributed by atoms with Gasteiger partial charge in [-0.1, -0.05) is 44.2 Å². The highest BCUT2D eigenvalue weighted by atomic mass is 127. The molecule has 0 spiro atoms. The number of halogens is 1. The van der Waals surface area contributed by atoms with Crippen LogP contribution in [0.25, 0.3) is 0 Å². The minimum Gasteiger partial charge on any atom is -0.469 e. The van der Waals surface area contributed by atoms with Crippen LogP contribution in [0.2, 0.25) is 0 Å². The van der Waals surface area contributed by atoms with Gasteiger partial charge in [-0.2, -0.15) is 0 Å². The Morgan fingerprint density at radius 1 is 1.11 bits per heavy atom. The third-order valence-corrected chi connectivity index (χ3v) is 4.37. The van der Waals surface area contributed by atoms with Crippen LogP contribution in [0, 0.1) is 0 Å². The standard InChI is InChI=1S/C21H30N4O2.HI/c1-21(2,17-9-6-5-7-10-17)16-24-20(23-15-19(26)25(3)4)22-13-12-18-11-8-14-27-18;/h5-11,14H,12-13,15-16H2,1-4H3,(H2,22,23,24);1H. The number of carbonyl (C=O) groups is 1. The van der Waals surface area contributed by atoms with Crippen LogP contribution < -0.4 is 10.6 Å². The lowest BCUT2D eigenvalue weighted by molar-refractivity contribution is -0.127. The number of benzene rings is 1. The molecule has 0 atom stereocenters. The van der Waals surface area contributed by atoms with E-state index in [0.717, 1.165) is 12.2 Å². The molecule has 1 heterocycles. The van der Waals surface area contributed by atoms with Gasteiger partial charge in [-0.3, -0.25) is 4.79 Å². The van der Waals surface area contributed by atoms with E-state index in [2.05, 4.69) is 41.6 Å². The highest BCUT2D eigenvalue weighted by Gasteiger charge is 2.20. The quantitative estimate of drug-likeness (QED) is 0.334. The van der Waals surface area contributed by atoms with E-state index < -0.39 is 0 Å². The predicted molar refractivity (Wildman–Crippen MR) is 124 cm³/mol. The van der Waals surface area contributed by atoms with Crippen molar-refractivity contribution in [1.29, 1.82) is 0 Å². The molecule has 0 saturated heterocycles. The number of furan rings is 1. The molecule has 2 aromatic rings. The number of likely N-dealkylation sites (N-methyl/N-ethyl adjacent to an activating group) is 1. The molecule has 28 heavy (non-hydrogen) atoms. The molecule has 1 aromatic carbocycles. The molecular formula is C21H31IN4O2. The summed E-state index contributed by atoms with van der Waals surface area (Å²) in [5.74, 6) is 1.50. The molecule has 2 rings (SSSR count). The van der Waals surface area contributed by atoms with Gasteiger partial charge in [0.1, 0.15) is 12.3 Å². The Hall–Kier alpha value is -2.03. The summed E-state index contributed by atoms with van der Waals surface area (Å²) in [5, 5.41) is 6.65. The third kappa shape index (κ3) is 7.92. The number of guanidine groups is 1. The van der Waals surface area contributed by atoms with Crippen molar-refractivity contribution in [3.63, 3.8) is 0 Å².